The molecule has 0 aliphatic carbocycles. The molecule has 0 saturated heterocycles. The van der Waals surface area contributed by atoms with Crippen molar-refractivity contribution in [3.8, 4) is 5.75 Å². The van der Waals surface area contributed by atoms with Crippen LogP contribution in [-0.2, 0) is 16.1 Å². The number of nitrogens with one attached hydrogen (secondary N) is 1. The van der Waals surface area contributed by atoms with Crippen LogP contribution in [-0.4, -0.2) is 35.9 Å². The van der Waals surface area contributed by atoms with Crippen LogP contribution in [0.3, 0.4) is 0 Å². The van der Waals surface area contributed by atoms with Crippen molar-refractivity contribution in [1.82, 2.24) is 10.2 Å². The number of ether oxygens (including phenoxy) is 1. The third-order valence-corrected chi connectivity index (χ3v) is 5.24. The van der Waals surface area contributed by atoms with Gasteiger partial charge < -0.3 is 15.0 Å². The summed E-state index contributed by atoms with van der Waals surface area (Å²) in [6.45, 7) is 10.4. The lowest BCUT2D eigenvalue weighted by Crippen LogP contribution is -2.49. The Hall–Kier alpha value is -2.53. The second-order valence-electron chi connectivity index (χ2n) is 8.02. The highest BCUT2D eigenvalue weighted by molar-refractivity contribution is 6.31. The van der Waals surface area contributed by atoms with E-state index in [1.807, 2.05) is 52.0 Å². The SMILES string of the molecule is Cc1ccc(CN(C(=O)COc2ccc(Cl)c(C)c2)[C@H](C)C(=O)NCC(C)C)cc1. The standard InChI is InChI=1S/C24H31ClN2O3/c1-16(2)13-26-24(29)19(5)27(14-20-8-6-17(3)7-9-20)23(28)15-30-21-10-11-22(25)18(4)12-21/h6-12,16,19H,13-15H2,1-5H3,(H,26,29)/t19-/m1/s1. The van der Waals surface area contributed by atoms with Gasteiger partial charge in [0.15, 0.2) is 6.61 Å². The number of hydrogen-bond acceptors (Lipinski definition) is 3. The van der Waals surface area contributed by atoms with E-state index in [9.17, 15) is 9.59 Å². The van der Waals surface area contributed by atoms with Gasteiger partial charge in [-0.05, 0) is 56.0 Å². The lowest BCUT2D eigenvalue weighted by atomic mass is 10.1. The summed E-state index contributed by atoms with van der Waals surface area (Å²) in [6, 6.07) is 12.6. The average molecular weight is 431 g/mol. The minimum absolute atomic E-state index is 0.158. The van der Waals surface area contributed by atoms with Crippen LogP contribution in [0, 0.1) is 19.8 Å². The molecule has 0 spiro atoms. The van der Waals surface area contributed by atoms with Gasteiger partial charge in [0.2, 0.25) is 5.91 Å². The molecule has 6 heteroatoms. The number of rotatable bonds is 9. The van der Waals surface area contributed by atoms with E-state index in [1.165, 1.54) is 0 Å². The highest BCUT2D eigenvalue weighted by Gasteiger charge is 2.26. The fraction of sp³-hybridized carbons (Fsp3) is 0.417. The van der Waals surface area contributed by atoms with Crippen LogP contribution >= 0.6 is 11.6 Å². The zero-order valence-corrected chi connectivity index (χ0v) is 19.1. The number of carbonyl (C=O) groups excluding carboxylic acids is 2. The van der Waals surface area contributed by atoms with Gasteiger partial charge in [-0.15, -0.1) is 0 Å². The van der Waals surface area contributed by atoms with Gasteiger partial charge in [0.05, 0.1) is 0 Å². The second kappa shape index (κ2) is 11.0. The molecule has 0 saturated carbocycles. The molecule has 2 rings (SSSR count). The maximum absolute atomic E-state index is 13.0. The Balaban J connectivity index is 2.13. The van der Waals surface area contributed by atoms with E-state index in [0.717, 1.165) is 16.7 Å². The topological polar surface area (TPSA) is 58.6 Å². The Kier molecular flexibility index (Phi) is 8.72. The van der Waals surface area contributed by atoms with Gasteiger partial charge in [0, 0.05) is 18.1 Å². The minimum Gasteiger partial charge on any atom is -0.484 e. The van der Waals surface area contributed by atoms with E-state index in [0.29, 0.717) is 29.8 Å². The summed E-state index contributed by atoms with van der Waals surface area (Å²) in [5.74, 6) is 0.471. The molecule has 2 amide bonds. The summed E-state index contributed by atoms with van der Waals surface area (Å²) in [6.07, 6.45) is 0. The van der Waals surface area contributed by atoms with Crippen LogP contribution in [0.1, 0.15) is 37.5 Å². The number of benzene rings is 2. The fourth-order valence-corrected chi connectivity index (χ4v) is 2.98. The number of aryl methyl sites for hydroxylation is 2. The molecule has 2 aromatic rings. The van der Waals surface area contributed by atoms with Gasteiger partial charge in [0.25, 0.3) is 5.91 Å². The molecule has 0 aromatic heterocycles. The summed E-state index contributed by atoms with van der Waals surface area (Å²) in [5.41, 5.74) is 2.97. The van der Waals surface area contributed by atoms with Gasteiger partial charge in [-0.2, -0.15) is 0 Å². The van der Waals surface area contributed by atoms with Gasteiger partial charge in [-0.1, -0.05) is 55.3 Å². The predicted octanol–water partition coefficient (Wildman–Crippen LogP) is 4.53. The average Bonchev–Trinajstić information content (AvgIpc) is 2.71. The monoisotopic (exact) mass is 430 g/mol. The molecule has 0 aliphatic heterocycles. The normalized spacial score (nSPS) is 11.8. The maximum Gasteiger partial charge on any atom is 0.261 e. The molecule has 1 atom stereocenters. The third-order valence-electron chi connectivity index (χ3n) is 4.82. The first-order valence-electron chi connectivity index (χ1n) is 10.2. The summed E-state index contributed by atoms with van der Waals surface area (Å²) in [5, 5.41) is 3.55. The van der Waals surface area contributed by atoms with Gasteiger partial charge in [-0.25, -0.2) is 0 Å². The highest BCUT2D eigenvalue weighted by Crippen LogP contribution is 2.21. The van der Waals surface area contributed by atoms with E-state index in [4.69, 9.17) is 16.3 Å². The molecular formula is C24H31ClN2O3. The quantitative estimate of drug-likeness (QED) is 0.636. The summed E-state index contributed by atoms with van der Waals surface area (Å²) in [4.78, 5) is 27.2. The molecule has 0 bridgehead atoms. The zero-order chi connectivity index (χ0) is 22.3. The molecular weight excluding hydrogens is 400 g/mol. The first-order chi connectivity index (χ1) is 14.2. The first-order valence-corrected chi connectivity index (χ1v) is 10.6. The number of halogens is 1. The lowest BCUT2D eigenvalue weighted by Gasteiger charge is -2.29. The van der Waals surface area contributed by atoms with Crippen LogP contribution in [0.15, 0.2) is 42.5 Å². The van der Waals surface area contributed by atoms with Crippen LogP contribution in [0.25, 0.3) is 0 Å². The Bertz CT molecular complexity index is 865. The molecule has 0 radical (unpaired) electrons. The Morgan fingerprint density at radius 2 is 1.73 bits per heavy atom. The fourth-order valence-electron chi connectivity index (χ4n) is 2.86. The third kappa shape index (κ3) is 7.06. The molecule has 0 fully saturated rings. The second-order valence-corrected chi connectivity index (χ2v) is 8.43. The summed E-state index contributed by atoms with van der Waals surface area (Å²) >= 11 is 6.05. The van der Waals surface area contributed by atoms with Crippen LogP contribution < -0.4 is 10.1 Å². The van der Waals surface area contributed by atoms with Gasteiger partial charge in [0.1, 0.15) is 11.8 Å². The summed E-state index contributed by atoms with van der Waals surface area (Å²) in [7, 11) is 0. The number of amides is 2. The van der Waals surface area contributed by atoms with Crippen molar-refractivity contribution in [1.29, 1.82) is 0 Å². The Morgan fingerprint density at radius 1 is 1.07 bits per heavy atom. The predicted molar refractivity (Wildman–Crippen MR) is 121 cm³/mol. The smallest absolute Gasteiger partial charge is 0.261 e. The van der Waals surface area contributed by atoms with Crippen LogP contribution in [0.5, 0.6) is 5.75 Å². The molecule has 0 aliphatic rings. The van der Waals surface area contributed by atoms with Crippen LogP contribution in [0.2, 0.25) is 5.02 Å². The molecule has 0 unspecified atom stereocenters. The largest absolute Gasteiger partial charge is 0.484 e. The van der Waals surface area contributed by atoms with Crippen molar-refractivity contribution in [3.63, 3.8) is 0 Å². The Labute approximate surface area is 184 Å². The molecule has 30 heavy (non-hydrogen) atoms. The number of hydrogen-bond donors (Lipinski definition) is 1. The van der Waals surface area contributed by atoms with Gasteiger partial charge >= 0.3 is 0 Å². The van der Waals surface area contributed by atoms with Crippen molar-refractivity contribution in [2.75, 3.05) is 13.2 Å². The van der Waals surface area contributed by atoms with E-state index < -0.39 is 6.04 Å². The zero-order valence-electron chi connectivity index (χ0n) is 18.4. The van der Waals surface area contributed by atoms with Crippen molar-refractivity contribution < 1.29 is 14.3 Å². The number of nitrogens with zero attached hydrogens (tertiary/aromatic N) is 1. The maximum atomic E-state index is 13.0. The van der Waals surface area contributed by atoms with Crippen molar-refractivity contribution in [2.24, 2.45) is 5.92 Å². The van der Waals surface area contributed by atoms with Gasteiger partial charge in [-0.3, -0.25) is 9.59 Å². The molecule has 1 N–H and O–H groups in total. The van der Waals surface area contributed by atoms with E-state index in [1.54, 1.807) is 30.0 Å². The van der Waals surface area contributed by atoms with E-state index in [-0.39, 0.29) is 18.4 Å². The highest BCUT2D eigenvalue weighted by atomic mass is 35.5. The summed E-state index contributed by atoms with van der Waals surface area (Å²) < 4.78 is 5.69. The number of carbonyl (C=O) groups is 2. The first kappa shape index (κ1) is 23.7. The lowest BCUT2D eigenvalue weighted by molar-refractivity contribution is -0.142. The minimum atomic E-state index is -0.617. The molecule has 2 aromatic carbocycles. The molecule has 5 nitrogen and oxygen atoms in total. The van der Waals surface area contributed by atoms with Crippen LogP contribution in [0.4, 0.5) is 0 Å². The van der Waals surface area contributed by atoms with Crippen molar-refractivity contribution in [3.05, 3.63) is 64.2 Å². The molecule has 0 heterocycles. The molecule has 162 valence electrons. The van der Waals surface area contributed by atoms with E-state index in [2.05, 4.69) is 5.32 Å². The van der Waals surface area contributed by atoms with Crippen molar-refractivity contribution >= 4 is 23.4 Å². The van der Waals surface area contributed by atoms with Crippen molar-refractivity contribution in [2.45, 2.75) is 47.2 Å². The Morgan fingerprint density at radius 3 is 2.33 bits per heavy atom. The van der Waals surface area contributed by atoms with E-state index >= 15 is 0 Å².